The molecule has 1 aromatic carbocycles. The topological polar surface area (TPSA) is 108 Å². The van der Waals surface area contributed by atoms with Gasteiger partial charge in [-0.1, -0.05) is 0 Å². The maximum atomic E-state index is 12.8. The van der Waals surface area contributed by atoms with Gasteiger partial charge in [0.2, 0.25) is 5.91 Å². The van der Waals surface area contributed by atoms with Crippen molar-refractivity contribution in [3.63, 3.8) is 0 Å². The van der Waals surface area contributed by atoms with Crippen LogP contribution in [-0.4, -0.2) is 47.2 Å². The lowest BCUT2D eigenvalue weighted by molar-refractivity contribution is -0.163. The molecule has 1 aromatic heterocycles. The smallest absolute Gasteiger partial charge is 0.367 e. The molecule has 158 valence electrons. The lowest BCUT2D eigenvalue weighted by Gasteiger charge is -2.40. The number of halogens is 3. The van der Waals surface area contributed by atoms with Crippen LogP contribution in [0.3, 0.4) is 0 Å². The van der Waals surface area contributed by atoms with E-state index in [4.69, 9.17) is 5.73 Å². The van der Waals surface area contributed by atoms with Gasteiger partial charge in [0.1, 0.15) is 17.1 Å². The van der Waals surface area contributed by atoms with Gasteiger partial charge >= 0.3 is 6.18 Å². The molecule has 1 aliphatic heterocycles. The number of rotatable bonds is 4. The fraction of sp³-hybridized carbons (Fsp3) is 0.500. The van der Waals surface area contributed by atoms with Crippen LogP contribution in [0, 0.1) is 23.2 Å². The molecule has 2 aromatic rings. The first-order valence-corrected chi connectivity index (χ1v) is 9.79. The third-order valence-corrected chi connectivity index (χ3v) is 5.82. The van der Waals surface area contributed by atoms with Crippen molar-refractivity contribution >= 4 is 22.6 Å². The van der Waals surface area contributed by atoms with Gasteiger partial charge in [0.15, 0.2) is 6.04 Å². The highest BCUT2D eigenvalue weighted by atomic mass is 19.4. The quantitative estimate of drug-likeness (QED) is 0.788. The Morgan fingerprint density at radius 3 is 2.53 bits per heavy atom. The molecule has 0 spiro atoms. The summed E-state index contributed by atoms with van der Waals surface area (Å²) in [5.74, 6) is -0.471. The molecule has 1 saturated carbocycles. The summed E-state index contributed by atoms with van der Waals surface area (Å²) in [6.45, 7) is 1.04. The number of nitrogens with one attached hydrogen (secondary N) is 1. The van der Waals surface area contributed by atoms with Gasteiger partial charge in [-0.3, -0.25) is 14.8 Å². The third kappa shape index (κ3) is 4.03. The predicted octanol–water partition coefficient (Wildman–Crippen LogP) is 2.11. The van der Waals surface area contributed by atoms with E-state index >= 15 is 0 Å². The van der Waals surface area contributed by atoms with Crippen LogP contribution in [0.2, 0.25) is 0 Å². The van der Waals surface area contributed by atoms with E-state index in [1.54, 1.807) is 12.1 Å². The largest absolute Gasteiger partial charge is 0.412 e. The second kappa shape index (κ2) is 7.72. The first-order chi connectivity index (χ1) is 14.3. The SMILES string of the molecule is N#Cc1ccc(N2C[C@H](NC(=O)[C@@H](N)C(F)(F)F)C[C@H](C3CC3)C2)c2nccnc12. The standard InChI is InChI=1S/C20H21F3N6O/c21-20(22,23)18(25)19(30)28-14-7-13(11-1-2-11)9-29(10-14)15-4-3-12(8-24)16-17(15)27-6-5-26-16/h3-6,11,13-14,18H,1-2,7,9-10,25H2,(H,28,30)/t13-,14+,18+/m0/s1. The molecular formula is C20H21F3N6O. The molecule has 7 nitrogen and oxygen atoms in total. The molecule has 3 atom stereocenters. The van der Waals surface area contributed by atoms with Crippen LogP contribution < -0.4 is 16.0 Å². The van der Waals surface area contributed by atoms with Crippen LogP contribution in [0.25, 0.3) is 11.0 Å². The molecule has 0 unspecified atom stereocenters. The van der Waals surface area contributed by atoms with E-state index in [1.165, 1.54) is 12.4 Å². The maximum Gasteiger partial charge on any atom is 0.412 e. The highest BCUT2D eigenvalue weighted by molar-refractivity contribution is 5.92. The lowest BCUT2D eigenvalue weighted by atomic mass is 9.89. The molecular weight excluding hydrogens is 397 g/mol. The Kier molecular flexibility index (Phi) is 5.24. The molecule has 1 aliphatic carbocycles. The second-order valence-corrected chi connectivity index (χ2v) is 7.96. The van der Waals surface area contributed by atoms with Crippen LogP contribution in [0.4, 0.5) is 18.9 Å². The zero-order valence-electron chi connectivity index (χ0n) is 16.1. The van der Waals surface area contributed by atoms with Crippen molar-refractivity contribution in [2.24, 2.45) is 17.6 Å². The Balaban J connectivity index is 1.62. The number of hydrogen-bond acceptors (Lipinski definition) is 6. The van der Waals surface area contributed by atoms with Gasteiger partial charge in [0.05, 0.1) is 11.3 Å². The molecule has 3 N–H and O–H groups in total. The number of anilines is 1. The van der Waals surface area contributed by atoms with Crippen molar-refractivity contribution < 1.29 is 18.0 Å². The number of carbonyl (C=O) groups is 1. The predicted molar refractivity (Wildman–Crippen MR) is 103 cm³/mol. The zero-order valence-corrected chi connectivity index (χ0v) is 16.1. The molecule has 0 radical (unpaired) electrons. The molecule has 4 rings (SSSR count). The van der Waals surface area contributed by atoms with Gasteiger partial charge in [0, 0.05) is 31.5 Å². The molecule has 2 heterocycles. The Morgan fingerprint density at radius 2 is 1.90 bits per heavy atom. The number of nitrogens with zero attached hydrogens (tertiary/aromatic N) is 4. The number of benzene rings is 1. The Bertz CT molecular complexity index is 1000. The summed E-state index contributed by atoms with van der Waals surface area (Å²) in [6, 6.07) is 2.54. The Labute approximate surface area is 171 Å². The highest BCUT2D eigenvalue weighted by Crippen LogP contribution is 2.42. The van der Waals surface area contributed by atoms with E-state index in [9.17, 15) is 23.2 Å². The molecule has 30 heavy (non-hydrogen) atoms. The van der Waals surface area contributed by atoms with Crippen molar-refractivity contribution in [3.8, 4) is 6.07 Å². The van der Waals surface area contributed by atoms with Crippen molar-refractivity contribution in [3.05, 3.63) is 30.1 Å². The fourth-order valence-corrected chi connectivity index (χ4v) is 4.18. The number of amides is 1. The summed E-state index contributed by atoms with van der Waals surface area (Å²) in [5.41, 5.74) is 7.26. The summed E-state index contributed by atoms with van der Waals surface area (Å²) in [6.07, 6.45) is 1.03. The average Bonchev–Trinajstić information content (AvgIpc) is 3.57. The number of alkyl halides is 3. The number of carbonyl (C=O) groups excluding carboxylic acids is 1. The average molecular weight is 418 g/mol. The Hall–Kier alpha value is -2.93. The van der Waals surface area contributed by atoms with Crippen LogP contribution in [0.15, 0.2) is 24.5 Å². The number of nitrogens with two attached hydrogens (primary N) is 1. The summed E-state index contributed by atoms with van der Waals surface area (Å²) in [4.78, 5) is 22.7. The van der Waals surface area contributed by atoms with Crippen LogP contribution in [-0.2, 0) is 4.79 Å². The number of piperidine rings is 1. The molecule has 10 heteroatoms. The zero-order chi connectivity index (χ0) is 21.5. The lowest BCUT2D eigenvalue weighted by Crippen LogP contribution is -2.57. The van der Waals surface area contributed by atoms with E-state index < -0.39 is 24.2 Å². The molecule has 0 bridgehead atoms. The van der Waals surface area contributed by atoms with E-state index in [2.05, 4.69) is 21.4 Å². The minimum Gasteiger partial charge on any atom is -0.367 e. The van der Waals surface area contributed by atoms with Crippen LogP contribution in [0.5, 0.6) is 0 Å². The third-order valence-electron chi connectivity index (χ3n) is 5.82. The molecule has 2 aliphatic rings. The monoisotopic (exact) mass is 418 g/mol. The summed E-state index contributed by atoms with van der Waals surface area (Å²) in [5, 5.41) is 11.8. The number of fused-ring (bicyclic) bond motifs is 1. The molecule has 2 fully saturated rings. The second-order valence-electron chi connectivity index (χ2n) is 7.96. The first kappa shape index (κ1) is 20.3. The summed E-state index contributed by atoms with van der Waals surface area (Å²) >= 11 is 0. The molecule has 1 amide bonds. The van der Waals surface area contributed by atoms with Crippen molar-refractivity contribution in [1.82, 2.24) is 15.3 Å². The van der Waals surface area contributed by atoms with Crippen molar-refractivity contribution in [1.29, 1.82) is 5.26 Å². The van der Waals surface area contributed by atoms with Gasteiger partial charge in [-0.25, -0.2) is 0 Å². The van der Waals surface area contributed by atoms with Gasteiger partial charge in [-0.15, -0.1) is 0 Å². The summed E-state index contributed by atoms with van der Waals surface area (Å²) in [7, 11) is 0. The van der Waals surface area contributed by atoms with Gasteiger partial charge in [-0.2, -0.15) is 18.4 Å². The number of nitriles is 1. The number of hydrogen-bond donors (Lipinski definition) is 2. The minimum absolute atomic E-state index is 0.244. The Morgan fingerprint density at radius 1 is 1.20 bits per heavy atom. The normalized spacial score (nSPS) is 23.1. The maximum absolute atomic E-state index is 12.8. The van der Waals surface area contributed by atoms with Crippen LogP contribution >= 0.6 is 0 Å². The van der Waals surface area contributed by atoms with Crippen LogP contribution in [0.1, 0.15) is 24.8 Å². The van der Waals surface area contributed by atoms with E-state index in [-0.39, 0.29) is 5.92 Å². The van der Waals surface area contributed by atoms with E-state index in [1.807, 2.05) is 4.90 Å². The minimum atomic E-state index is -4.78. The molecule has 1 saturated heterocycles. The van der Waals surface area contributed by atoms with Crippen molar-refractivity contribution in [2.45, 2.75) is 37.5 Å². The number of aromatic nitrogens is 2. The van der Waals surface area contributed by atoms with E-state index in [0.717, 1.165) is 18.5 Å². The van der Waals surface area contributed by atoms with Crippen molar-refractivity contribution in [2.75, 3.05) is 18.0 Å². The van der Waals surface area contributed by atoms with E-state index in [0.29, 0.717) is 42.0 Å². The fourth-order valence-electron chi connectivity index (χ4n) is 4.18. The van der Waals surface area contributed by atoms with Gasteiger partial charge in [-0.05, 0) is 43.2 Å². The first-order valence-electron chi connectivity index (χ1n) is 9.79. The highest BCUT2D eigenvalue weighted by Gasteiger charge is 2.44. The van der Waals surface area contributed by atoms with Gasteiger partial charge < -0.3 is 16.0 Å². The summed E-state index contributed by atoms with van der Waals surface area (Å²) < 4.78 is 38.5. The van der Waals surface area contributed by atoms with Gasteiger partial charge in [0.25, 0.3) is 0 Å².